The van der Waals surface area contributed by atoms with Crippen LogP contribution in [0.15, 0.2) is 0 Å². The molecule has 5 heteroatoms. The zero-order valence-corrected chi connectivity index (χ0v) is 10.4. The lowest BCUT2D eigenvalue weighted by Crippen LogP contribution is -2.45. The number of carbonyl (C=O) groups is 2. The maximum atomic E-state index is 11.5. The highest BCUT2D eigenvalue weighted by Crippen LogP contribution is 2.04. The van der Waals surface area contributed by atoms with Gasteiger partial charge in [0.25, 0.3) is 0 Å². The summed E-state index contributed by atoms with van der Waals surface area (Å²) in [5.41, 5.74) is 5.73. The molecule has 0 bridgehead atoms. The minimum Gasteiger partial charge on any atom is -0.356 e. The molecule has 2 atom stereocenters. The first kappa shape index (κ1) is 14.9. The summed E-state index contributed by atoms with van der Waals surface area (Å²) in [5, 5.41) is 5.32. The third-order valence-electron chi connectivity index (χ3n) is 2.58. The molecule has 0 rings (SSSR count). The van der Waals surface area contributed by atoms with Crippen molar-refractivity contribution in [2.24, 2.45) is 11.7 Å². The van der Waals surface area contributed by atoms with Crippen LogP contribution in [0.4, 0.5) is 0 Å². The molecule has 0 aromatic rings. The Morgan fingerprint density at radius 3 is 2.38 bits per heavy atom. The van der Waals surface area contributed by atoms with Crippen LogP contribution in [0.2, 0.25) is 0 Å². The van der Waals surface area contributed by atoms with Gasteiger partial charge in [-0.1, -0.05) is 20.3 Å². The second-order valence-electron chi connectivity index (χ2n) is 3.91. The summed E-state index contributed by atoms with van der Waals surface area (Å²) in [6.45, 7) is 6.74. The molecule has 16 heavy (non-hydrogen) atoms. The van der Waals surface area contributed by atoms with Gasteiger partial charge >= 0.3 is 0 Å². The number of nitrogens with one attached hydrogen (secondary N) is 2. The van der Waals surface area contributed by atoms with Crippen molar-refractivity contribution in [3.63, 3.8) is 0 Å². The fourth-order valence-corrected chi connectivity index (χ4v) is 1.21. The lowest BCUT2D eigenvalue weighted by molar-refractivity contribution is -0.123. The number of nitrogens with two attached hydrogens (primary N) is 1. The second-order valence-corrected chi connectivity index (χ2v) is 3.91. The molecule has 0 heterocycles. The molecule has 0 spiro atoms. The van der Waals surface area contributed by atoms with Crippen LogP contribution in [0.5, 0.6) is 0 Å². The molecule has 0 aliphatic carbocycles. The molecule has 0 radical (unpaired) electrons. The van der Waals surface area contributed by atoms with Crippen molar-refractivity contribution < 1.29 is 9.59 Å². The number of hydrogen-bond donors (Lipinski definition) is 3. The Balaban J connectivity index is 3.77. The summed E-state index contributed by atoms with van der Waals surface area (Å²) in [4.78, 5) is 22.6. The molecule has 2 amide bonds. The summed E-state index contributed by atoms with van der Waals surface area (Å²) in [5.74, 6) is -0.0805. The predicted molar refractivity (Wildman–Crippen MR) is 63.7 cm³/mol. The quantitative estimate of drug-likeness (QED) is 0.574. The highest BCUT2D eigenvalue weighted by Gasteiger charge is 2.18. The van der Waals surface area contributed by atoms with Gasteiger partial charge in [0.05, 0.1) is 6.04 Å². The average molecular weight is 229 g/mol. The van der Waals surface area contributed by atoms with Gasteiger partial charge in [0.1, 0.15) is 0 Å². The third kappa shape index (κ3) is 5.70. The number of hydrogen-bond acceptors (Lipinski definition) is 3. The molecule has 0 saturated heterocycles. The zero-order chi connectivity index (χ0) is 12.6. The van der Waals surface area contributed by atoms with Crippen molar-refractivity contribution in [1.82, 2.24) is 10.6 Å². The first-order chi connectivity index (χ1) is 7.52. The van der Waals surface area contributed by atoms with Crippen LogP contribution in [0.1, 0.15) is 33.6 Å². The molecule has 0 aromatic carbocycles. The van der Waals surface area contributed by atoms with E-state index in [4.69, 9.17) is 5.73 Å². The van der Waals surface area contributed by atoms with E-state index in [1.54, 1.807) is 0 Å². The number of carbonyl (C=O) groups excluding carboxylic acids is 2. The summed E-state index contributed by atoms with van der Waals surface area (Å²) in [6.07, 6.45) is 1.16. The predicted octanol–water partition coefficient (Wildman–Crippen LogP) is 0.00220. The van der Waals surface area contributed by atoms with Crippen LogP contribution in [0.25, 0.3) is 0 Å². The van der Waals surface area contributed by atoms with Crippen LogP contribution in [0.3, 0.4) is 0 Å². The van der Waals surface area contributed by atoms with E-state index in [1.165, 1.54) is 0 Å². The Bertz CT molecular complexity index is 231. The molecule has 94 valence electrons. The maximum Gasteiger partial charge on any atom is 0.237 e. The lowest BCUT2D eigenvalue weighted by Gasteiger charge is -2.17. The fourth-order valence-electron chi connectivity index (χ4n) is 1.21. The molecular formula is C11H23N3O2. The Morgan fingerprint density at radius 2 is 1.88 bits per heavy atom. The first-order valence-electron chi connectivity index (χ1n) is 5.82. The Labute approximate surface area is 97.2 Å². The lowest BCUT2D eigenvalue weighted by atomic mass is 9.99. The smallest absolute Gasteiger partial charge is 0.237 e. The van der Waals surface area contributed by atoms with Crippen molar-refractivity contribution >= 4 is 11.8 Å². The SMILES string of the molecule is CCNC(=O)CCNC(=O)[C@@H](N)[C@@H](C)CC. The van der Waals surface area contributed by atoms with Gasteiger partial charge in [-0.25, -0.2) is 0 Å². The standard InChI is InChI=1S/C11H23N3O2/c1-4-8(3)10(12)11(16)14-7-6-9(15)13-5-2/h8,10H,4-7,12H2,1-3H3,(H,13,15)(H,14,16)/t8-,10-/m0/s1. The number of amides is 2. The Hall–Kier alpha value is -1.10. The molecule has 0 aliphatic heterocycles. The van der Waals surface area contributed by atoms with E-state index >= 15 is 0 Å². The minimum atomic E-state index is -0.487. The van der Waals surface area contributed by atoms with E-state index in [9.17, 15) is 9.59 Å². The Morgan fingerprint density at radius 1 is 1.25 bits per heavy atom. The van der Waals surface area contributed by atoms with Gasteiger partial charge in [0.2, 0.25) is 11.8 Å². The molecule has 4 N–H and O–H groups in total. The van der Waals surface area contributed by atoms with Crippen molar-refractivity contribution in [3.8, 4) is 0 Å². The summed E-state index contributed by atoms with van der Waals surface area (Å²) < 4.78 is 0. The molecule has 0 saturated carbocycles. The van der Waals surface area contributed by atoms with Crippen molar-refractivity contribution in [2.75, 3.05) is 13.1 Å². The number of rotatable bonds is 7. The van der Waals surface area contributed by atoms with Crippen LogP contribution < -0.4 is 16.4 Å². The van der Waals surface area contributed by atoms with Gasteiger partial charge in [0.15, 0.2) is 0 Å². The van der Waals surface area contributed by atoms with Gasteiger partial charge in [-0.2, -0.15) is 0 Å². The van der Waals surface area contributed by atoms with E-state index in [0.29, 0.717) is 19.5 Å². The minimum absolute atomic E-state index is 0.0556. The molecule has 0 aliphatic rings. The van der Waals surface area contributed by atoms with Crippen LogP contribution >= 0.6 is 0 Å². The van der Waals surface area contributed by atoms with Gasteiger partial charge in [-0.3, -0.25) is 9.59 Å². The van der Waals surface area contributed by atoms with Crippen molar-refractivity contribution in [3.05, 3.63) is 0 Å². The molecule has 0 aromatic heterocycles. The molecule has 5 nitrogen and oxygen atoms in total. The van der Waals surface area contributed by atoms with Crippen LogP contribution in [0, 0.1) is 5.92 Å². The summed E-state index contributed by atoms with van der Waals surface area (Å²) >= 11 is 0. The van der Waals surface area contributed by atoms with E-state index in [2.05, 4.69) is 10.6 Å². The molecule has 0 unspecified atom stereocenters. The fraction of sp³-hybridized carbons (Fsp3) is 0.818. The maximum absolute atomic E-state index is 11.5. The van der Waals surface area contributed by atoms with Gasteiger partial charge in [-0.05, 0) is 12.8 Å². The summed E-state index contributed by atoms with van der Waals surface area (Å²) in [6, 6.07) is -0.487. The first-order valence-corrected chi connectivity index (χ1v) is 5.82. The van der Waals surface area contributed by atoms with E-state index in [-0.39, 0.29) is 17.7 Å². The average Bonchev–Trinajstić information content (AvgIpc) is 2.27. The zero-order valence-electron chi connectivity index (χ0n) is 10.4. The van der Waals surface area contributed by atoms with Crippen molar-refractivity contribution in [2.45, 2.75) is 39.7 Å². The normalized spacial score (nSPS) is 14.0. The van der Waals surface area contributed by atoms with E-state index in [0.717, 1.165) is 6.42 Å². The molecular weight excluding hydrogens is 206 g/mol. The van der Waals surface area contributed by atoms with E-state index in [1.807, 2.05) is 20.8 Å². The molecule has 0 fully saturated rings. The van der Waals surface area contributed by atoms with Crippen LogP contribution in [-0.2, 0) is 9.59 Å². The highest BCUT2D eigenvalue weighted by molar-refractivity contribution is 5.82. The Kier molecular flexibility index (Phi) is 7.54. The topological polar surface area (TPSA) is 84.2 Å². The van der Waals surface area contributed by atoms with Gasteiger partial charge < -0.3 is 16.4 Å². The third-order valence-corrected chi connectivity index (χ3v) is 2.58. The summed E-state index contributed by atoms with van der Waals surface area (Å²) in [7, 11) is 0. The van der Waals surface area contributed by atoms with Gasteiger partial charge in [-0.15, -0.1) is 0 Å². The second kappa shape index (κ2) is 8.10. The monoisotopic (exact) mass is 229 g/mol. The van der Waals surface area contributed by atoms with E-state index < -0.39 is 6.04 Å². The van der Waals surface area contributed by atoms with Gasteiger partial charge in [0, 0.05) is 19.5 Å². The largest absolute Gasteiger partial charge is 0.356 e. The van der Waals surface area contributed by atoms with Crippen molar-refractivity contribution in [1.29, 1.82) is 0 Å². The highest BCUT2D eigenvalue weighted by atomic mass is 16.2. The van der Waals surface area contributed by atoms with Crippen LogP contribution in [-0.4, -0.2) is 30.9 Å².